The van der Waals surface area contributed by atoms with Crippen LogP contribution in [0.5, 0.6) is 0 Å². The maximum atomic E-state index is 14.7. The molecule has 148 valence electrons. The molecule has 3 aromatic rings. The minimum atomic E-state index is -1.41. The number of nitrogens with zero attached hydrogens (tertiary/aromatic N) is 1. The number of nitrogens with one attached hydrogen (secondary N) is 1. The highest BCUT2D eigenvalue weighted by Crippen LogP contribution is 2.40. The molecule has 0 aliphatic rings. The number of amides is 1. The minimum absolute atomic E-state index is 0.0831. The van der Waals surface area contributed by atoms with Crippen LogP contribution in [0.3, 0.4) is 0 Å². The molecule has 0 aliphatic heterocycles. The van der Waals surface area contributed by atoms with Crippen molar-refractivity contribution in [3.8, 4) is 16.5 Å². The third kappa shape index (κ3) is 4.26. The number of primary amides is 1. The molecule has 0 atom stereocenters. The summed E-state index contributed by atoms with van der Waals surface area (Å²) in [5, 5.41) is 22.2. The van der Waals surface area contributed by atoms with Crippen molar-refractivity contribution in [2.75, 3.05) is 5.32 Å². The van der Waals surface area contributed by atoms with Crippen molar-refractivity contribution in [2.45, 2.75) is 19.4 Å². The second-order valence-electron chi connectivity index (χ2n) is 6.91. The predicted molar refractivity (Wildman–Crippen MR) is 108 cm³/mol. The van der Waals surface area contributed by atoms with Crippen LogP contribution in [0.25, 0.3) is 10.4 Å². The molecular weight excluding hydrogens is 396 g/mol. The van der Waals surface area contributed by atoms with E-state index in [1.165, 1.54) is 19.9 Å². The number of carbonyl (C=O) groups excluding carboxylic acids is 1. The molecule has 1 amide bonds. The molecule has 8 heteroatoms. The third-order valence-corrected chi connectivity index (χ3v) is 5.33. The SMILES string of the molecule is CC(C)(O)c1cc(F)c(-c2cc(C(N)=O)c(Nc3ccc(C#N)cc3)s2)c(F)c1. The van der Waals surface area contributed by atoms with Crippen LogP contribution in [0.2, 0.25) is 0 Å². The van der Waals surface area contributed by atoms with Gasteiger partial charge in [-0.15, -0.1) is 11.3 Å². The Kier molecular flexibility index (Phi) is 5.38. The molecule has 1 aromatic heterocycles. The Bertz CT molecular complexity index is 1100. The smallest absolute Gasteiger partial charge is 0.251 e. The molecule has 0 fully saturated rings. The van der Waals surface area contributed by atoms with Crippen molar-refractivity contribution in [3.63, 3.8) is 0 Å². The molecule has 5 nitrogen and oxygen atoms in total. The first-order valence-corrected chi connectivity index (χ1v) is 9.35. The molecule has 0 aliphatic carbocycles. The topological polar surface area (TPSA) is 99.1 Å². The van der Waals surface area contributed by atoms with Crippen LogP contribution in [0.1, 0.15) is 35.3 Å². The van der Waals surface area contributed by atoms with Crippen LogP contribution >= 0.6 is 11.3 Å². The summed E-state index contributed by atoms with van der Waals surface area (Å²) in [5.74, 6) is -2.47. The zero-order valence-corrected chi connectivity index (χ0v) is 16.4. The van der Waals surface area contributed by atoms with Gasteiger partial charge in [-0.2, -0.15) is 5.26 Å². The average molecular weight is 413 g/mol. The minimum Gasteiger partial charge on any atom is -0.386 e. The standard InChI is InChI=1S/C21H17F2N3O2S/c1-21(2,28)12-7-15(22)18(16(23)8-12)17-9-14(19(25)27)20(29-17)26-13-5-3-11(10-24)4-6-13/h3-9,26,28H,1-2H3,(H2,25,27). The molecule has 3 rings (SSSR count). The van der Waals surface area contributed by atoms with Crippen molar-refractivity contribution in [1.29, 1.82) is 5.26 Å². The van der Waals surface area contributed by atoms with Gasteiger partial charge in [0.15, 0.2) is 0 Å². The number of halogens is 2. The number of aliphatic hydroxyl groups is 1. The van der Waals surface area contributed by atoms with E-state index in [9.17, 15) is 18.7 Å². The molecule has 29 heavy (non-hydrogen) atoms. The molecule has 4 N–H and O–H groups in total. The normalized spacial score (nSPS) is 11.2. The van der Waals surface area contributed by atoms with Gasteiger partial charge in [-0.1, -0.05) is 0 Å². The lowest BCUT2D eigenvalue weighted by Crippen LogP contribution is -2.16. The van der Waals surface area contributed by atoms with E-state index < -0.39 is 23.1 Å². The van der Waals surface area contributed by atoms with Crippen molar-refractivity contribution < 1.29 is 18.7 Å². The van der Waals surface area contributed by atoms with Crippen LogP contribution in [0, 0.1) is 23.0 Å². The Hall–Kier alpha value is -3.28. The lowest BCUT2D eigenvalue weighted by Gasteiger charge is -2.18. The molecule has 0 saturated heterocycles. The highest BCUT2D eigenvalue weighted by atomic mass is 32.1. The lowest BCUT2D eigenvalue weighted by molar-refractivity contribution is 0.0778. The van der Waals surface area contributed by atoms with Crippen LogP contribution in [-0.2, 0) is 5.60 Å². The van der Waals surface area contributed by atoms with E-state index in [4.69, 9.17) is 11.0 Å². The van der Waals surface area contributed by atoms with Gasteiger partial charge in [0.2, 0.25) is 0 Å². The average Bonchev–Trinajstić information content (AvgIpc) is 3.04. The van der Waals surface area contributed by atoms with Crippen LogP contribution < -0.4 is 11.1 Å². The van der Waals surface area contributed by atoms with E-state index >= 15 is 0 Å². The first kappa shape index (κ1) is 20.5. The van der Waals surface area contributed by atoms with E-state index in [1.807, 2.05) is 6.07 Å². The maximum absolute atomic E-state index is 14.7. The zero-order chi connectivity index (χ0) is 21.3. The zero-order valence-electron chi connectivity index (χ0n) is 15.6. The second kappa shape index (κ2) is 7.62. The Balaban J connectivity index is 2.05. The summed E-state index contributed by atoms with van der Waals surface area (Å²) in [4.78, 5) is 12.0. The van der Waals surface area contributed by atoms with Gasteiger partial charge in [0.25, 0.3) is 5.91 Å². The molecule has 0 bridgehead atoms. The summed E-state index contributed by atoms with van der Waals surface area (Å²) in [5.41, 5.74) is 4.94. The van der Waals surface area contributed by atoms with Gasteiger partial charge in [0.05, 0.1) is 28.4 Å². The summed E-state index contributed by atoms with van der Waals surface area (Å²) in [6, 6.07) is 11.9. The molecule has 2 aromatic carbocycles. The van der Waals surface area contributed by atoms with Gasteiger partial charge >= 0.3 is 0 Å². The fourth-order valence-corrected chi connectivity index (χ4v) is 3.84. The number of rotatable bonds is 5. The van der Waals surface area contributed by atoms with Gasteiger partial charge in [-0.3, -0.25) is 4.79 Å². The summed E-state index contributed by atoms with van der Waals surface area (Å²) < 4.78 is 29.3. The summed E-state index contributed by atoms with van der Waals surface area (Å²) in [6.07, 6.45) is 0. The lowest BCUT2D eigenvalue weighted by atomic mass is 9.96. The van der Waals surface area contributed by atoms with Crippen LogP contribution in [0.15, 0.2) is 42.5 Å². The van der Waals surface area contributed by atoms with Crippen LogP contribution in [0.4, 0.5) is 19.5 Å². The van der Waals surface area contributed by atoms with Crippen molar-refractivity contribution in [1.82, 2.24) is 0 Å². The number of thiophene rings is 1. The van der Waals surface area contributed by atoms with Crippen molar-refractivity contribution in [3.05, 3.63) is 70.8 Å². The highest BCUT2D eigenvalue weighted by molar-refractivity contribution is 7.20. The molecule has 0 radical (unpaired) electrons. The molecule has 1 heterocycles. The number of nitrogens with two attached hydrogens (primary N) is 1. The van der Waals surface area contributed by atoms with Crippen LogP contribution in [-0.4, -0.2) is 11.0 Å². The number of anilines is 2. The van der Waals surface area contributed by atoms with E-state index in [0.29, 0.717) is 16.3 Å². The van der Waals surface area contributed by atoms with Gasteiger partial charge < -0.3 is 16.2 Å². The van der Waals surface area contributed by atoms with E-state index in [2.05, 4.69) is 5.32 Å². The van der Waals surface area contributed by atoms with Crippen molar-refractivity contribution >= 4 is 27.9 Å². The van der Waals surface area contributed by atoms with E-state index in [0.717, 1.165) is 23.5 Å². The van der Waals surface area contributed by atoms with Crippen molar-refractivity contribution in [2.24, 2.45) is 5.73 Å². The Morgan fingerprint density at radius 3 is 2.24 bits per heavy atom. The van der Waals surface area contributed by atoms with Gasteiger partial charge in [0.1, 0.15) is 16.6 Å². The monoisotopic (exact) mass is 413 g/mol. The molecule has 0 saturated carbocycles. The summed E-state index contributed by atoms with van der Waals surface area (Å²) in [6.45, 7) is 2.85. The first-order valence-electron chi connectivity index (χ1n) is 8.53. The van der Waals surface area contributed by atoms with E-state index in [1.54, 1.807) is 24.3 Å². The third-order valence-electron chi connectivity index (χ3n) is 4.26. The second-order valence-corrected chi connectivity index (χ2v) is 7.96. The van der Waals surface area contributed by atoms with Gasteiger partial charge in [0, 0.05) is 10.6 Å². The number of nitriles is 1. The quantitative estimate of drug-likeness (QED) is 0.568. The first-order chi connectivity index (χ1) is 13.6. The Morgan fingerprint density at radius 2 is 1.76 bits per heavy atom. The fourth-order valence-electron chi connectivity index (χ4n) is 2.71. The molecule has 0 unspecified atom stereocenters. The highest BCUT2D eigenvalue weighted by Gasteiger charge is 2.24. The number of carbonyl (C=O) groups is 1. The van der Waals surface area contributed by atoms with Gasteiger partial charge in [-0.05, 0) is 61.9 Å². The maximum Gasteiger partial charge on any atom is 0.251 e. The fraction of sp³-hybridized carbons (Fsp3) is 0.143. The van der Waals surface area contributed by atoms with E-state index in [-0.39, 0.29) is 21.6 Å². The summed E-state index contributed by atoms with van der Waals surface area (Å²) in [7, 11) is 0. The summed E-state index contributed by atoms with van der Waals surface area (Å²) >= 11 is 0.968. The van der Waals surface area contributed by atoms with Gasteiger partial charge in [-0.25, -0.2) is 8.78 Å². The number of hydrogen-bond acceptors (Lipinski definition) is 5. The number of benzene rings is 2. The number of hydrogen-bond donors (Lipinski definition) is 3. The largest absolute Gasteiger partial charge is 0.386 e. The Morgan fingerprint density at radius 1 is 1.17 bits per heavy atom. The molecular formula is C21H17F2N3O2S. The Labute approximate surface area is 170 Å². The molecule has 0 spiro atoms. The predicted octanol–water partition coefficient (Wildman–Crippen LogP) is 4.63.